The van der Waals surface area contributed by atoms with Gasteiger partial charge >= 0.3 is 0 Å². The molecule has 0 bridgehead atoms. The Balaban J connectivity index is 5.06. The van der Waals surface area contributed by atoms with E-state index in [0.717, 1.165) is 57.8 Å². The molecule has 6 nitrogen and oxygen atoms in total. The molecule has 0 fully saturated rings. The number of aliphatic hydroxyl groups excluding tert-OH is 2. The Morgan fingerprint density at radius 3 is 0.727 bits per heavy atom. The van der Waals surface area contributed by atoms with E-state index >= 15 is 0 Å². The normalized spacial score (nSPS) is 15.2. The van der Waals surface area contributed by atoms with Crippen molar-refractivity contribution in [1.82, 2.24) is 0 Å². The third-order valence-electron chi connectivity index (χ3n) is 15.6. The summed E-state index contributed by atoms with van der Waals surface area (Å²) in [6, 6.07) is 0. The zero-order valence-corrected chi connectivity index (χ0v) is 45.1. The molecule has 0 unspecified atom stereocenters. The van der Waals surface area contributed by atoms with Gasteiger partial charge in [-0.05, 0) is 19.3 Å². The summed E-state index contributed by atoms with van der Waals surface area (Å²) < 4.78 is 0. The third-order valence-corrected chi connectivity index (χ3v) is 15.6. The lowest BCUT2D eigenvalue weighted by Crippen LogP contribution is -2.73. The SMILES string of the molecule is CCCCCCCCCCCCCCCCCC[C@@](O)(CO)[C@](O)(CCCCCCCCCCCCCCCCCC)[C@@](O)(CCCCCCCCCCCCCCCCCC)[C@@H](O)C=O. The molecule has 0 amide bonds. The monoisotopic (exact) mass is 937 g/mol. The highest BCUT2D eigenvalue weighted by molar-refractivity contribution is 5.59. The lowest BCUT2D eigenvalue weighted by molar-refractivity contribution is -0.284. The van der Waals surface area contributed by atoms with E-state index in [1.807, 2.05) is 0 Å². The standard InChI is InChI=1S/C60H120O6/c1-4-7-10-13-16-19-22-25-28-31-34-37-40-43-46-49-52-58(64,56-62)60(66,54-51-48-45-42-39-36-33-30-27-24-21-18-15-12-9-6-3)59(65,57(63)55-61)53-50-47-44-41-38-35-32-29-26-23-20-17-14-11-8-5-2/h55,57,62-66H,4-54,56H2,1-3H3/t57-,58+,59+,60+/m0/s1. The van der Waals surface area contributed by atoms with Crippen molar-refractivity contribution in [3.05, 3.63) is 0 Å². The van der Waals surface area contributed by atoms with Gasteiger partial charge in [-0.1, -0.05) is 329 Å². The van der Waals surface area contributed by atoms with Crippen LogP contribution in [0.5, 0.6) is 0 Å². The second-order valence-corrected chi connectivity index (χ2v) is 21.7. The van der Waals surface area contributed by atoms with Crippen LogP contribution >= 0.6 is 0 Å². The number of carbonyl (C=O) groups is 1. The fourth-order valence-corrected chi connectivity index (χ4v) is 10.8. The maximum Gasteiger partial charge on any atom is 0.151 e. The predicted octanol–water partition coefficient (Wildman–Crippen LogP) is 17.7. The minimum absolute atomic E-state index is 0.00196. The van der Waals surface area contributed by atoms with E-state index in [1.165, 1.54) is 231 Å². The van der Waals surface area contributed by atoms with Gasteiger partial charge in [-0.3, -0.25) is 0 Å². The van der Waals surface area contributed by atoms with Crippen molar-refractivity contribution in [3.63, 3.8) is 0 Å². The van der Waals surface area contributed by atoms with Gasteiger partial charge in [0.1, 0.15) is 22.9 Å². The highest BCUT2D eigenvalue weighted by Gasteiger charge is 2.63. The molecule has 0 aromatic rings. The molecule has 0 aliphatic heterocycles. The molecule has 0 saturated carbocycles. The maximum absolute atomic E-state index is 12.6. The Morgan fingerprint density at radius 2 is 0.515 bits per heavy atom. The van der Waals surface area contributed by atoms with Crippen molar-refractivity contribution in [2.75, 3.05) is 6.61 Å². The molecule has 4 atom stereocenters. The Kier molecular flexibility index (Phi) is 47.7. The first-order valence-electron chi connectivity index (χ1n) is 30.1. The van der Waals surface area contributed by atoms with Crippen molar-refractivity contribution in [2.45, 2.75) is 371 Å². The van der Waals surface area contributed by atoms with Gasteiger partial charge in [-0.15, -0.1) is 0 Å². The highest BCUT2D eigenvalue weighted by atomic mass is 16.4. The zero-order chi connectivity index (χ0) is 48.6. The lowest BCUT2D eigenvalue weighted by Gasteiger charge is -2.53. The van der Waals surface area contributed by atoms with Crippen LogP contribution in [0, 0.1) is 0 Å². The topological polar surface area (TPSA) is 118 Å². The van der Waals surface area contributed by atoms with Crippen LogP contribution in [-0.4, -0.2) is 61.3 Å². The number of hydrogen-bond acceptors (Lipinski definition) is 6. The Morgan fingerprint density at radius 1 is 0.318 bits per heavy atom. The molecule has 66 heavy (non-hydrogen) atoms. The van der Waals surface area contributed by atoms with Gasteiger partial charge in [0.05, 0.1) is 6.61 Å². The maximum atomic E-state index is 12.6. The minimum Gasteiger partial charge on any atom is -0.393 e. The molecule has 396 valence electrons. The largest absolute Gasteiger partial charge is 0.393 e. The van der Waals surface area contributed by atoms with Crippen molar-refractivity contribution in [3.8, 4) is 0 Å². The zero-order valence-electron chi connectivity index (χ0n) is 45.1. The second kappa shape index (κ2) is 48.1. The average molecular weight is 938 g/mol. The van der Waals surface area contributed by atoms with Crippen LogP contribution in [-0.2, 0) is 4.79 Å². The highest BCUT2D eigenvalue weighted by Crippen LogP contribution is 2.45. The molecular formula is C60H120O6. The molecule has 0 saturated heterocycles. The summed E-state index contributed by atoms with van der Waals surface area (Å²) in [5.74, 6) is 0. The molecule has 0 heterocycles. The summed E-state index contributed by atoms with van der Waals surface area (Å²) in [5, 5.41) is 59.2. The van der Waals surface area contributed by atoms with Crippen LogP contribution < -0.4 is 0 Å². The van der Waals surface area contributed by atoms with Crippen LogP contribution in [0.2, 0.25) is 0 Å². The van der Waals surface area contributed by atoms with Crippen LogP contribution in [0.25, 0.3) is 0 Å². The number of rotatable bonds is 56. The summed E-state index contributed by atoms with van der Waals surface area (Å²) in [6.07, 6.45) is 57.1. The van der Waals surface area contributed by atoms with Crippen LogP contribution in [0.3, 0.4) is 0 Å². The summed E-state index contributed by atoms with van der Waals surface area (Å²) in [6.45, 7) is 6.09. The second-order valence-electron chi connectivity index (χ2n) is 21.7. The van der Waals surface area contributed by atoms with E-state index < -0.39 is 29.5 Å². The summed E-state index contributed by atoms with van der Waals surface area (Å²) in [5.41, 5.74) is -6.52. The third kappa shape index (κ3) is 33.9. The molecule has 0 aliphatic carbocycles. The number of unbranched alkanes of at least 4 members (excludes halogenated alkanes) is 45. The first-order chi connectivity index (χ1) is 32.2. The van der Waals surface area contributed by atoms with Crippen molar-refractivity contribution in [1.29, 1.82) is 0 Å². The van der Waals surface area contributed by atoms with Crippen molar-refractivity contribution < 1.29 is 30.3 Å². The van der Waals surface area contributed by atoms with Crippen molar-refractivity contribution in [2.24, 2.45) is 0 Å². The van der Waals surface area contributed by atoms with Gasteiger partial charge < -0.3 is 30.3 Å². The van der Waals surface area contributed by atoms with Crippen molar-refractivity contribution >= 4 is 6.29 Å². The van der Waals surface area contributed by atoms with E-state index in [4.69, 9.17) is 0 Å². The fourth-order valence-electron chi connectivity index (χ4n) is 10.8. The molecule has 0 aromatic heterocycles. The molecule has 5 N–H and O–H groups in total. The van der Waals surface area contributed by atoms with Crippen LogP contribution in [0.1, 0.15) is 348 Å². The predicted molar refractivity (Wildman–Crippen MR) is 286 cm³/mol. The minimum atomic E-state index is -2.26. The quantitative estimate of drug-likeness (QED) is 0.0306. The summed E-state index contributed by atoms with van der Waals surface area (Å²) >= 11 is 0. The molecule has 0 rings (SSSR count). The molecule has 0 aromatic carbocycles. The molecule has 0 spiro atoms. The van der Waals surface area contributed by atoms with Crippen LogP contribution in [0.4, 0.5) is 0 Å². The number of aliphatic hydroxyl groups is 5. The van der Waals surface area contributed by atoms with E-state index in [2.05, 4.69) is 20.8 Å². The van der Waals surface area contributed by atoms with E-state index in [9.17, 15) is 30.3 Å². The molecule has 0 radical (unpaired) electrons. The Hall–Kier alpha value is -0.530. The summed E-state index contributed by atoms with van der Waals surface area (Å²) in [4.78, 5) is 12.3. The van der Waals surface area contributed by atoms with Gasteiger partial charge in [0.25, 0.3) is 0 Å². The number of hydrogen-bond donors (Lipinski definition) is 5. The van der Waals surface area contributed by atoms with Crippen LogP contribution in [0.15, 0.2) is 0 Å². The lowest BCUT2D eigenvalue weighted by atomic mass is 9.62. The smallest absolute Gasteiger partial charge is 0.151 e. The first kappa shape index (κ1) is 65.5. The average Bonchev–Trinajstić information content (AvgIpc) is 3.32. The molecule has 0 aliphatic rings. The molecule has 6 heteroatoms. The van der Waals surface area contributed by atoms with E-state index in [0.29, 0.717) is 25.5 Å². The molecular weight excluding hydrogens is 817 g/mol. The van der Waals surface area contributed by atoms with Gasteiger partial charge in [0, 0.05) is 0 Å². The number of aldehydes is 1. The Labute approximate surface area is 412 Å². The Bertz CT molecular complexity index is 977. The van der Waals surface area contributed by atoms with Gasteiger partial charge in [0.2, 0.25) is 0 Å². The number of carbonyl (C=O) groups excluding carboxylic acids is 1. The van der Waals surface area contributed by atoms with E-state index in [1.54, 1.807) is 0 Å². The van der Waals surface area contributed by atoms with Gasteiger partial charge in [-0.25, -0.2) is 0 Å². The van der Waals surface area contributed by atoms with E-state index in [-0.39, 0.29) is 19.3 Å². The fraction of sp³-hybridized carbons (Fsp3) is 0.983. The first-order valence-corrected chi connectivity index (χ1v) is 30.1. The van der Waals surface area contributed by atoms with Gasteiger partial charge in [0.15, 0.2) is 6.29 Å². The van der Waals surface area contributed by atoms with Gasteiger partial charge in [-0.2, -0.15) is 0 Å². The summed E-state index contributed by atoms with van der Waals surface area (Å²) in [7, 11) is 0.